The SMILES string of the molecule is N#CCCN1CC(=O)N(CC2CCCCO2)C1=O. The molecule has 2 aliphatic heterocycles. The Labute approximate surface area is 106 Å². The minimum absolute atomic E-state index is 0.0254. The molecule has 2 rings (SSSR count). The summed E-state index contributed by atoms with van der Waals surface area (Å²) in [5, 5.41) is 8.50. The number of amides is 3. The van der Waals surface area contributed by atoms with Gasteiger partial charge in [-0.15, -0.1) is 0 Å². The Morgan fingerprint density at radius 3 is 2.89 bits per heavy atom. The van der Waals surface area contributed by atoms with Crippen LogP contribution in [0, 0.1) is 11.3 Å². The van der Waals surface area contributed by atoms with Crippen molar-refractivity contribution in [2.24, 2.45) is 0 Å². The highest BCUT2D eigenvalue weighted by Crippen LogP contribution is 2.17. The summed E-state index contributed by atoms with van der Waals surface area (Å²) in [6, 6.07) is 1.69. The van der Waals surface area contributed by atoms with Crippen LogP contribution in [0.15, 0.2) is 0 Å². The van der Waals surface area contributed by atoms with Gasteiger partial charge < -0.3 is 9.64 Å². The highest BCUT2D eigenvalue weighted by atomic mass is 16.5. The number of hydrogen-bond donors (Lipinski definition) is 0. The first-order valence-electron chi connectivity index (χ1n) is 6.30. The third-order valence-electron chi connectivity index (χ3n) is 3.28. The molecule has 0 aromatic carbocycles. The molecule has 6 heteroatoms. The second kappa shape index (κ2) is 5.83. The minimum Gasteiger partial charge on any atom is -0.376 e. The van der Waals surface area contributed by atoms with Crippen LogP contribution in [0.4, 0.5) is 4.79 Å². The van der Waals surface area contributed by atoms with Crippen LogP contribution in [0.25, 0.3) is 0 Å². The lowest BCUT2D eigenvalue weighted by Gasteiger charge is -2.26. The molecule has 0 bridgehead atoms. The number of rotatable bonds is 4. The summed E-state index contributed by atoms with van der Waals surface area (Å²) in [7, 11) is 0. The van der Waals surface area contributed by atoms with Gasteiger partial charge in [0.15, 0.2) is 0 Å². The third-order valence-corrected chi connectivity index (χ3v) is 3.28. The van der Waals surface area contributed by atoms with E-state index in [1.165, 1.54) is 9.80 Å². The van der Waals surface area contributed by atoms with Crippen LogP contribution in [-0.2, 0) is 9.53 Å². The van der Waals surface area contributed by atoms with Gasteiger partial charge in [-0.2, -0.15) is 5.26 Å². The van der Waals surface area contributed by atoms with Gasteiger partial charge in [-0.25, -0.2) is 4.79 Å². The van der Waals surface area contributed by atoms with Gasteiger partial charge in [0.25, 0.3) is 0 Å². The number of carbonyl (C=O) groups is 2. The van der Waals surface area contributed by atoms with E-state index < -0.39 is 0 Å². The smallest absolute Gasteiger partial charge is 0.327 e. The average molecular weight is 251 g/mol. The monoisotopic (exact) mass is 251 g/mol. The van der Waals surface area contributed by atoms with E-state index in [0.717, 1.165) is 19.3 Å². The summed E-state index contributed by atoms with van der Waals surface area (Å²) in [6.07, 6.45) is 3.26. The molecule has 0 radical (unpaired) electrons. The van der Waals surface area contributed by atoms with E-state index in [9.17, 15) is 9.59 Å². The largest absolute Gasteiger partial charge is 0.376 e. The fourth-order valence-electron chi connectivity index (χ4n) is 2.29. The summed E-state index contributed by atoms with van der Waals surface area (Å²) in [4.78, 5) is 26.4. The Morgan fingerprint density at radius 2 is 2.22 bits per heavy atom. The van der Waals surface area contributed by atoms with Gasteiger partial charge in [-0.05, 0) is 19.3 Å². The van der Waals surface area contributed by atoms with E-state index >= 15 is 0 Å². The molecular weight excluding hydrogens is 234 g/mol. The maximum atomic E-state index is 12.0. The van der Waals surface area contributed by atoms with E-state index in [1.54, 1.807) is 0 Å². The molecule has 1 atom stereocenters. The van der Waals surface area contributed by atoms with Crippen molar-refractivity contribution in [3.05, 3.63) is 0 Å². The molecule has 98 valence electrons. The van der Waals surface area contributed by atoms with Gasteiger partial charge in [0.1, 0.15) is 6.54 Å². The van der Waals surface area contributed by atoms with Gasteiger partial charge in [-0.3, -0.25) is 9.69 Å². The molecule has 0 aromatic heterocycles. The molecule has 2 saturated heterocycles. The zero-order valence-electron chi connectivity index (χ0n) is 10.3. The van der Waals surface area contributed by atoms with Crippen LogP contribution in [0.3, 0.4) is 0 Å². The molecule has 1 unspecified atom stereocenters. The van der Waals surface area contributed by atoms with Crippen LogP contribution in [0.2, 0.25) is 0 Å². The number of urea groups is 1. The Kier molecular flexibility index (Phi) is 4.15. The van der Waals surface area contributed by atoms with E-state index in [4.69, 9.17) is 10.00 Å². The van der Waals surface area contributed by atoms with Crippen molar-refractivity contribution in [1.29, 1.82) is 5.26 Å². The summed E-state index contributed by atoms with van der Waals surface area (Å²) in [5.41, 5.74) is 0. The fourth-order valence-corrected chi connectivity index (χ4v) is 2.29. The summed E-state index contributed by atoms with van der Waals surface area (Å²) in [5.74, 6) is -0.188. The minimum atomic E-state index is -0.288. The molecule has 0 N–H and O–H groups in total. The van der Waals surface area contributed by atoms with Crippen molar-refractivity contribution in [3.8, 4) is 6.07 Å². The molecule has 0 spiro atoms. The lowest BCUT2D eigenvalue weighted by molar-refractivity contribution is -0.127. The molecule has 2 heterocycles. The molecule has 2 aliphatic rings. The van der Waals surface area contributed by atoms with Gasteiger partial charge in [-0.1, -0.05) is 0 Å². The molecular formula is C12H17N3O3. The number of imide groups is 1. The number of ether oxygens (including phenoxy) is 1. The van der Waals surface area contributed by atoms with Crippen LogP contribution >= 0.6 is 0 Å². The van der Waals surface area contributed by atoms with Crippen molar-refractivity contribution in [1.82, 2.24) is 9.80 Å². The first kappa shape index (κ1) is 12.8. The number of hydrogen-bond acceptors (Lipinski definition) is 4. The van der Waals surface area contributed by atoms with E-state index in [2.05, 4.69) is 0 Å². The highest BCUT2D eigenvalue weighted by molar-refractivity contribution is 6.02. The lowest BCUT2D eigenvalue weighted by Crippen LogP contribution is -2.40. The molecule has 2 fully saturated rings. The molecule has 6 nitrogen and oxygen atoms in total. The third kappa shape index (κ3) is 2.79. The fraction of sp³-hybridized carbons (Fsp3) is 0.750. The molecule has 0 saturated carbocycles. The van der Waals surface area contributed by atoms with Crippen molar-refractivity contribution in [3.63, 3.8) is 0 Å². The second-order valence-corrected chi connectivity index (χ2v) is 4.61. The predicted molar refractivity (Wildman–Crippen MR) is 62.5 cm³/mol. The quantitative estimate of drug-likeness (QED) is 0.690. The summed E-state index contributed by atoms with van der Waals surface area (Å²) in [6.45, 7) is 1.47. The molecule has 0 aliphatic carbocycles. The Hall–Kier alpha value is -1.61. The zero-order chi connectivity index (χ0) is 13.0. The standard InChI is InChI=1S/C12H17N3O3/c13-5-3-6-14-9-11(16)15(12(14)17)8-10-4-1-2-7-18-10/h10H,1-4,6-9H2. The number of nitriles is 1. The van der Waals surface area contributed by atoms with E-state index in [0.29, 0.717) is 19.7 Å². The first-order chi connectivity index (χ1) is 8.72. The molecule has 0 aromatic rings. The normalized spacial score (nSPS) is 24.5. The lowest BCUT2D eigenvalue weighted by atomic mass is 10.1. The summed E-state index contributed by atoms with van der Waals surface area (Å²) >= 11 is 0. The van der Waals surface area contributed by atoms with E-state index in [1.807, 2.05) is 6.07 Å². The van der Waals surface area contributed by atoms with Gasteiger partial charge in [0, 0.05) is 13.2 Å². The van der Waals surface area contributed by atoms with Crippen LogP contribution < -0.4 is 0 Å². The van der Waals surface area contributed by atoms with Crippen LogP contribution in [0.5, 0.6) is 0 Å². The van der Waals surface area contributed by atoms with Crippen molar-refractivity contribution >= 4 is 11.9 Å². The summed E-state index contributed by atoms with van der Waals surface area (Å²) < 4.78 is 5.54. The zero-order valence-corrected chi connectivity index (χ0v) is 10.3. The van der Waals surface area contributed by atoms with Gasteiger partial charge >= 0.3 is 6.03 Å². The first-order valence-corrected chi connectivity index (χ1v) is 6.30. The van der Waals surface area contributed by atoms with Crippen LogP contribution in [0.1, 0.15) is 25.7 Å². The van der Waals surface area contributed by atoms with Gasteiger partial charge in [0.2, 0.25) is 5.91 Å². The number of nitrogens with zero attached hydrogens (tertiary/aromatic N) is 3. The van der Waals surface area contributed by atoms with Crippen molar-refractivity contribution in [2.75, 3.05) is 26.2 Å². The topological polar surface area (TPSA) is 73.6 Å². The van der Waals surface area contributed by atoms with E-state index in [-0.39, 0.29) is 31.0 Å². The Bertz CT molecular complexity index is 371. The van der Waals surface area contributed by atoms with Gasteiger partial charge in [0.05, 0.1) is 25.1 Å². The van der Waals surface area contributed by atoms with Crippen LogP contribution in [-0.4, -0.2) is 54.1 Å². The Balaban J connectivity index is 1.90. The average Bonchev–Trinajstić information content (AvgIpc) is 2.65. The predicted octanol–water partition coefficient (Wildman–Crippen LogP) is 0.733. The van der Waals surface area contributed by atoms with Crippen molar-refractivity contribution < 1.29 is 14.3 Å². The Morgan fingerprint density at radius 1 is 1.39 bits per heavy atom. The molecule has 18 heavy (non-hydrogen) atoms. The highest BCUT2D eigenvalue weighted by Gasteiger charge is 2.37. The van der Waals surface area contributed by atoms with Crippen molar-refractivity contribution in [2.45, 2.75) is 31.8 Å². The second-order valence-electron chi connectivity index (χ2n) is 4.61. The number of carbonyl (C=O) groups excluding carboxylic acids is 2. The maximum absolute atomic E-state index is 12.0. The molecule has 3 amide bonds. The maximum Gasteiger partial charge on any atom is 0.327 e.